The Hall–Kier alpha value is -0.500. The molecule has 0 aliphatic carbocycles. The van der Waals surface area contributed by atoms with Crippen LogP contribution in [0, 0.1) is 0 Å². The van der Waals surface area contributed by atoms with Gasteiger partial charge in [-0.1, -0.05) is 6.58 Å². The minimum absolute atomic E-state index is 0.588. The van der Waals surface area contributed by atoms with Gasteiger partial charge in [-0.3, -0.25) is 4.90 Å². The topological polar surface area (TPSA) is 6.48 Å². The molecule has 1 aliphatic rings. The standard InChI is InChI=1S/C9H18N2/c1-8(10(2)3)9-6-5-7-11(9)4/h9H,1,5-7H2,2-4H3/t9-/m1/s1. The lowest BCUT2D eigenvalue weighted by Gasteiger charge is -2.26. The van der Waals surface area contributed by atoms with E-state index in [4.69, 9.17) is 0 Å². The SMILES string of the molecule is C=C([C@H]1CCCN1C)N(C)C. The van der Waals surface area contributed by atoms with Gasteiger partial charge in [0.25, 0.3) is 0 Å². The second-order valence-electron chi connectivity index (χ2n) is 3.52. The smallest absolute Gasteiger partial charge is 0.0488 e. The van der Waals surface area contributed by atoms with E-state index in [-0.39, 0.29) is 0 Å². The summed E-state index contributed by atoms with van der Waals surface area (Å²) in [7, 11) is 6.30. The van der Waals surface area contributed by atoms with Crippen LogP contribution in [0.5, 0.6) is 0 Å². The maximum absolute atomic E-state index is 4.07. The molecule has 0 bridgehead atoms. The van der Waals surface area contributed by atoms with E-state index in [0.29, 0.717) is 6.04 Å². The largest absolute Gasteiger partial charge is 0.380 e. The first-order valence-corrected chi connectivity index (χ1v) is 4.19. The number of nitrogens with zero attached hydrogens (tertiary/aromatic N) is 2. The predicted molar refractivity (Wildman–Crippen MR) is 48.5 cm³/mol. The lowest BCUT2D eigenvalue weighted by molar-refractivity contribution is 0.299. The maximum Gasteiger partial charge on any atom is 0.0488 e. The molecule has 0 radical (unpaired) electrons. The van der Waals surface area contributed by atoms with E-state index in [9.17, 15) is 0 Å². The van der Waals surface area contributed by atoms with Crippen molar-refractivity contribution < 1.29 is 0 Å². The molecule has 0 saturated carbocycles. The fourth-order valence-electron chi connectivity index (χ4n) is 1.63. The van der Waals surface area contributed by atoms with Crippen molar-refractivity contribution in [2.75, 3.05) is 27.7 Å². The van der Waals surface area contributed by atoms with Crippen LogP contribution in [-0.4, -0.2) is 43.5 Å². The molecule has 64 valence electrons. The minimum Gasteiger partial charge on any atom is -0.380 e. The molecule has 2 nitrogen and oxygen atoms in total. The van der Waals surface area contributed by atoms with Gasteiger partial charge in [0.1, 0.15) is 0 Å². The Balaban J connectivity index is 2.53. The zero-order chi connectivity index (χ0) is 8.43. The summed E-state index contributed by atoms with van der Waals surface area (Å²) in [6.07, 6.45) is 2.58. The van der Waals surface area contributed by atoms with Crippen LogP contribution >= 0.6 is 0 Å². The fraction of sp³-hybridized carbons (Fsp3) is 0.778. The van der Waals surface area contributed by atoms with Crippen molar-refractivity contribution >= 4 is 0 Å². The molecule has 0 aromatic heterocycles. The molecule has 2 heteroatoms. The third kappa shape index (κ3) is 1.74. The molecular weight excluding hydrogens is 136 g/mol. The van der Waals surface area contributed by atoms with Crippen molar-refractivity contribution in [2.45, 2.75) is 18.9 Å². The first-order chi connectivity index (χ1) is 5.13. The molecule has 0 aromatic rings. The Morgan fingerprint density at radius 3 is 2.55 bits per heavy atom. The summed E-state index contributed by atoms with van der Waals surface area (Å²) in [5.74, 6) is 0. The van der Waals surface area contributed by atoms with Crippen LogP contribution in [0.4, 0.5) is 0 Å². The van der Waals surface area contributed by atoms with Crippen LogP contribution in [0.25, 0.3) is 0 Å². The summed E-state index contributed by atoms with van der Waals surface area (Å²) in [4.78, 5) is 4.49. The molecule has 1 fully saturated rings. The van der Waals surface area contributed by atoms with Gasteiger partial charge >= 0.3 is 0 Å². The van der Waals surface area contributed by atoms with E-state index in [1.807, 2.05) is 0 Å². The number of hydrogen-bond acceptors (Lipinski definition) is 2. The molecule has 1 aliphatic heterocycles. The highest BCUT2D eigenvalue weighted by atomic mass is 15.2. The van der Waals surface area contributed by atoms with Gasteiger partial charge in [-0.25, -0.2) is 0 Å². The molecule has 0 aromatic carbocycles. The third-order valence-corrected chi connectivity index (χ3v) is 2.48. The van der Waals surface area contributed by atoms with Crippen LogP contribution in [-0.2, 0) is 0 Å². The van der Waals surface area contributed by atoms with Crippen molar-refractivity contribution in [3.05, 3.63) is 12.3 Å². The average Bonchev–Trinajstić information content (AvgIpc) is 2.33. The molecule has 1 atom stereocenters. The quantitative estimate of drug-likeness (QED) is 0.589. The van der Waals surface area contributed by atoms with Gasteiger partial charge in [-0.15, -0.1) is 0 Å². The van der Waals surface area contributed by atoms with E-state index in [1.165, 1.54) is 25.1 Å². The van der Waals surface area contributed by atoms with Gasteiger partial charge < -0.3 is 4.90 Å². The number of likely N-dealkylation sites (N-methyl/N-ethyl adjacent to an activating group) is 2. The monoisotopic (exact) mass is 154 g/mol. The zero-order valence-electron chi connectivity index (χ0n) is 7.80. The van der Waals surface area contributed by atoms with Crippen LogP contribution in [0.1, 0.15) is 12.8 Å². The van der Waals surface area contributed by atoms with Crippen LogP contribution in [0.15, 0.2) is 12.3 Å². The summed E-state index contributed by atoms with van der Waals surface area (Å²) in [6, 6.07) is 0.588. The van der Waals surface area contributed by atoms with Crippen molar-refractivity contribution in [3.63, 3.8) is 0 Å². The van der Waals surface area contributed by atoms with Crippen molar-refractivity contribution in [1.82, 2.24) is 9.80 Å². The molecule has 0 N–H and O–H groups in total. The van der Waals surface area contributed by atoms with Gasteiger partial charge in [0.05, 0.1) is 0 Å². The number of hydrogen-bond donors (Lipinski definition) is 0. The Kier molecular flexibility index (Phi) is 2.55. The summed E-state index contributed by atoms with van der Waals surface area (Å²) in [6.45, 7) is 5.29. The van der Waals surface area contributed by atoms with Gasteiger partial charge in [-0.05, 0) is 26.4 Å². The van der Waals surface area contributed by atoms with E-state index >= 15 is 0 Å². The van der Waals surface area contributed by atoms with Gasteiger partial charge in [0.15, 0.2) is 0 Å². The minimum atomic E-state index is 0.588. The first-order valence-electron chi connectivity index (χ1n) is 4.19. The second-order valence-corrected chi connectivity index (χ2v) is 3.52. The molecular formula is C9H18N2. The number of likely N-dealkylation sites (tertiary alicyclic amines) is 1. The summed E-state index contributed by atoms with van der Waals surface area (Å²) >= 11 is 0. The third-order valence-electron chi connectivity index (χ3n) is 2.48. The molecule has 1 saturated heterocycles. The molecule has 0 amide bonds. The zero-order valence-corrected chi connectivity index (χ0v) is 7.80. The van der Waals surface area contributed by atoms with E-state index in [0.717, 1.165) is 0 Å². The Labute approximate surface area is 69.5 Å². The van der Waals surface area contributed by atoms with Gasteiger partial charge in [0.2, 0.25) is 0 Å². The van der Waals surface area contributed by atoms with Crippen molar-refractivity contribution in [2.24, 2.45) is 0 Å². The molecule has 0 unspecified atom stereocenters. The van der Waals surface area contributed by atoms with Crippen molar-refractivity contribution in [3.8, 4) is 0 Å². The van der Waals surface area contributed by atoms with Crippen LogP contribution < -0.4 is 0 Å². The van der Waals surface area contributed by atoms with Gasteiger partial charge in [-0.2, -0.15) is 0 Å². The van der Waals surface area contributed by atoms with E-state index in [2.05, 4.69) is 37.5 Å². The lowest BCUT2D eigenvalue weighted by atomic mass is 10.1. The van der Waals surface area contributed by atoms with Crippen LogP contribution in [0.3, 0.4) is 0 Å². The Bertz CT molecular complexity index is 152. The van der Waals surface area contributed by atoms with E-state index in [1.54, 1.807) is 0 Å². The normalized spacial score (nSPS) is 25.5. The lowest BCUT2D eigenvalue weighted by Crippen LogP contribution is -2.32. The predicted octanol–water partition coefficient (Wildman–Crippen LogP) is 1.16. The maximum atomic E-state index is 4.07. The second kappa shape index (κ2) is 3.26. The van der Waals surface area contributed by atoms with Crippen molar-refractivity contribution in [1.29, 1.82) is 0 Å². The van der Waals surface area contributed by atoms with E-state index < -0.39 is 0 Å². The average molecular weight is 154 g/mol. The first kappa shape index (κ1) is 8.60. The van der Waals surface area contributed by atoms with Crippen LogP contribution in [0.2, 0.25) is 0 Å². The molecule has 0 spiro atoms. The molecule has 1 heterocycles. The Morgan fingerprint density at radius 1 is 1.55 bits per heavy atom. The highest BCUT2D eigenvalue weighted by Crippen LogP contribution is 2.21. The number of rotatable bonds is 2. The fourth-order valence-corrected chi connectivity index (χ4v) is 1.63. The summed E-state index contributed by atoms with van der Waals surface area (Å²) in [5, 5.41) is 0. The van der Waals surface area contributed by atoms with Gasteiger partial charge in [0, 0.05) is 25.8 Å². The summed E-state index contributed by atoms with van der Waals surface area (Å²) in [5.41, 5.74) is 1.24. The molecule has 1 rings (SSSR count). The summed E-state index contributed by atoms with van der Waals surface area (Å²) < 4.78 is 0. The molecule has 11 heavy (non-hydrogen) atoms. The highest BCUT2D eigenvalue weighted by Gasteiger charge is 2.23. The Morgan fingerprint density at radius 2 is 2.18 bits per heavy atom. The highest BCUT2D eigenvalue weighted by molar-refractivity contribution is 5.05.